The summed E-state index contributed by atoms with van der Waals surface area (Å²) in [7, 11) is 0. The van der Waals surface area contributed by atoms with Gasteiger partial charge in [-0.25, -0.2) is 9.97 Å². The Bertz CT molecular complexity index is 1200. The number of nitrogens with zero attached hydrogens (tertiary/aromatic N) is 3. The summed E-state index contributed by atoms with van der Waals surface area (Å²) in [5, 5.41) is 5.35. The monoisotopic (exact) mass is 408 g/mol. The maximum atomic E-state index is 13.1. The minimum atomic E-state index is -0.0807. The van der Waals surface area contributed by atoms with Crippen molar-refractivity contribution in [2.24, 2.45) is 5.92 Å². The second kappa shape index (κ2) is 8.56. The van der Waals surface area contributed by atoms with E-state index in [9.17, 15) is 4.79 Å². The number of carbonyl (C=O) groups is 1. The molecule has 5 nitrogen and oxygen atoms in total. The lowest BCUT2D eigenvalue weighted by atomic mass is 9.96. The van der Waals surface area contributed by atoms with Crippen molar-refractivity contribution in [2.75, 3.05) is 23.3 Å². The number of hydrogen-bond donors (Lipinski definition) is 1. The van der Waals surface area contributed by atoms with Crippen LogP contribution < -0.4 is 10.2 Å². The topological polar surface area (TPSA) is 58.1 Å². The number of fused-ring (bicyclic) bond motifs is 1. The number of nitrogens with one attached hydrogen (secondary N) is 1. The van der Waals surface area contributed by atoms with Crippen LogP contribution >= 0.6 is 0 Å². The van der Waals surface area contributed by atoms with Crippen LogP contribution in [0.4, 0.5) is 11.5 Å². The maximum Gasteiger partial charge on any atom is 0.229 e. The van der Waals surface area contributed by atoms with Crippen LogP contribution in [0.3, 0.4) is 0 Å². The highest BCUT2D eigenvalue weighted by molar-refractivity contribution is 6.03. The van der Waals surface area contributed by atoms with Crippen LogP contribution in [0, 0.1) is 5.92 Å². The first-order valence-electron chi connectivity index (χ1n) is 10.7. The molecule has 1 aliphatic rings. The second-order valence-electron chi connectivity index (χ2n) is 7.93. The SMILES string of the molecule is O=C(Nc1cccc2ccccc12)C1CCCN(c2cc(-c3ccccc3)ncn2)C1. The molecule has 1 aliphatic heterocycles. The van der Waals surface area contributed by atoms with Gasteiger partial charge in [-0.15, -0.1) is 0 Å². The molecule has 5 rings (SSSR count). The molecule has 31 heavy (non-hydrogen) atoms. The Kier molecular flexibility index (Phi) is 5.31. The molecule has 0 radical (unpaired) electrons. The van der Waals surface area contributed by atoms with Gasteiger partial charge in [0.05, 0.1) is 11.6 Å². The van der Waals surface area contributed by atoms with E-state index in [4.69, 9.17) is 0 Å². The lowest BCUT2D eigenvalue weighted by molar-refractivity contribution is -0.120. The molecule has 5 heteroatoms. The zero-order valence-corrected chi connectivity index (χ0v) is 17.2. The highest BCUT2D eigenvalue weighted by Gasteiger charge is 2.27. The molecule has 0 bridgehead atoms. The molecule has 1 saturated heterocycles. The molecule has 0 aliphatic carbocycles. The molecule has 1 atom stereocenters. The summed E-state index contributed by atoms with van der Waals surface area (Å²) in [5.74, 6) is 0.859. The van der Waals surface area contributed by atoms with Crippen LogP contribution in [-0.4, -0.2) is 29.0 Å². The molecule has 1 N–H and O–H groups in total. The molecule has 2 heterocycles. The molecule has 1 amide bonds. The first-order chi connectivity index (χ1) is 15.3. The summed E-state index contributed by atoms with van der Waals surface area (Å²) in [5.41, 5.74) is 2.83. The Morgan fingerprint density at radius 1 is 0.935 bits per heavy atom. The summed E-state index contributed by atoms with van der Waals surface area (Å²) in [6, 6.07) is 26.2. The van der Waals surface area contributed by atoms with Crippen LogP contribution in [0.5, 0.6) is 0 Å². The predicted molar refractivity (Wildman–Crippen MR) is 125 cm³/mol. The zero-order chi connectivity index (χ0) is 21.0. The van der Waals surface area contributed by atoms with E-state index in [0.29, 0.717) is 6.54 Å². The third kappa shape index (κ3) is 4.12. The minimum Gasteiger partial charge on any atom is -0.356 e. The van der Waals surface area contributed by atoms with Gasteiger partial charge in [-0.1, -0.05) is 66.7 Å². The fourth-order valence-electron chi connectivity index (χ4n) is 4.26. The molecule has 0 spiro atoms. The Morgan fingerprint density at radius 2 is 1.74 bits per heavy atom. The van der Waals surface area contributed by atoms with Crippen molar-refractivity contribution in [3.63, 3.8) is 0 Å². The average molecular weight is 409 g/mol. The number of benzene rings is 3. The van der Waals surface area contributed by atoms with Gasteiger partial charge in [0, 0.05) is 35.8 Å². The van der Waals surface area contributed by atoms with Gasteiger partial charge < -0.3 is 10.2 Å². The van der Waals surface area contributed by atoms with Crippen LogP contribution in [0.25, 0.3) is 22.0 Å². The van der Waals surface area contributed by atoms with Gasteiger partial charge in [0.15, 0.2) is 0 Å². The van der Waals surface area contributed by atoms with Gasteiger partial charge in [0.2, 0.25) is 5.91 Å². The van der Waals surface area contributed by atoms with Crippen molar-refractivity contribution in [3.8, 4) is 11.3 Å². The third-order valence-corrected chi connectivity index (χ3v) is 5.89. The molecule has 0 saturated carbocycles. The number of amides is 1. The van der Waals surface area contributed by atoms with Gasteiger partial charge in [0.25, 0.3) is 0 Å². The first kappa shape index (κ1) is 19.2. The fourth-order valence-corrected chi connectivity index (χ4v) is 4.26. The smallest absolute Gasteiger partial charge is 0.229 e. The van der Waals surface area contributed by atoms with Crippen LogP contribution in [-0.2, 0) is 4.79 Å². The molecular formula is C26H24N4O. The van der Waals surface area contributed by atoms with Gasteiger partial charge in [-0.05, 0) is 24.3 Å². The van der Waals surface area contributed by atoms with E-state index in [-0.39, 0.29) is 11.8 Å². The number of piperidine rings is 1. The summed E-state index contributed by atoms with van der Waals surface area (Å²) in [6.07, 6.45) is 3.44. The lowest BCUT2D eigenvalue weighted by Crippen LogP contribution is -2.41. The van der Waals surface area contributed by atoms with E-state index >= 15 is 0 Å². The van der Waals surface area contributed by atoms with Gasteiger partial charge in [-0.2, -0.15) is 0 Å². The normalized spacial score (nSPS) is 16.3. The molecule has 1 aromatic heterocycles. The summed E-state index contributed by atoms with van der Waals surface area (Å²) in [4.78, 5) is 24.2. The molecule has 154 valence electrons. The molecule has 1 fully saturated rings. The van der Waals surface area contributed by atoms with Crippen molar-refractivity contribution in [1.82, 2.24) is 9.97 Å². The minimum absolute atomic E-state index is 0.0680. The van der Waals surface area contributed by atoms with E-state index in [2.05, 4.69) is 32.3 Å². The summed E-state index contributed by atoms with van der Waals surface area (Å²) in [6.45, 7) is 1.55. The zero-order valence-electron chi connectivity index (χ0n) is 17.2. The Labute approximate surface area is 181 Å². The summed E-state index contributed by atoms with van der Waals surface area (Å²) >= 11 is 0. The highest BCUT2D eigenvalue weighted by Crippen LogP contribution is 2.27. The van der Waals surface area contributed by atoms with Crippen molar-refractivity contribution < 1.29 is 4.79 Å². The molecule has 4 aromatic rings. The van der Waals surface area contributed by atoms with Crippen LogP contribution in [0.1, 0.15) is 12.8 Å². The highest BCUT2D eigenvalue weighted by atomic mass is 16.1. The van der Waals surface area contributed by atoms with Gasteiger partial charge >= 0.3 is 0 Å². The number of aromatic nitrogens is 2. The number of rotatable bonds is 4. The van der Waals surface area contributed by atoms with Crippen molar-refractivity contribution in [1.29, 1.82) is 0 Å². The second-order valence-corrected chi connectivity index (χ2v) is 7.93. The average Bonchev–Trinajstić information content (AvgIpc) is 2.85. The molecule has 3 aromatic carbocycles. The predicted octanol–water partition coefficient (Wildman–Crippen LogP) is 5.15. The van der Waals surface area contributed by atoms with E-state index < -0.39 is 0 Å². The number of carbonyl (C=O) groups excluding carboxylic acids is 1. The molecule has 1 unspecified atom stereocenters. The maximum absolute atomic E-state index is 13.1. The largest absolute Gasteiger partial charge is 0.356 e. The Hall–Kier alpha value is -3.73. The van der Waals surface area contributed by atoms with E-state index in [1.807, 2.05) is 66.7 Å². The lowest BCUT2D eigenvalue weighted by Gasteiger charge is -2.33. The number of hydrogen-bond acceptors (Lipinski definition) is 4. The van der Waals surface area contributed by atoms with E-state index in [1.165, 1.54) is 0 Å². The van der Waals surface area contributed by atoms with Crippen molar-refractivity contribution >= 4 is 28.2 Å². The molecular weight excluding hydrogens is 384 g/mol. The third-order valence-electron chi connectivity index (χ3n) is 5.89. The van der Waals surface area contributed by atoms with E-state index in [0.717, 1.165) is 52.9 Å². The van der Waals surface area contributed by atoms with Crippen LogP contribution in [0.2, 0.25) is 0 Å². The van der Waals surface area contributed by atoms with Gasteiger partial charge in [-0.3, -0.25) is 4.79 Å². The van der Waals surface area contributed by atoms with Crippen molar-refractivity contribution in [2.45, 2.75) is 12.8 Å². The standard InChI is InChI=1S/C26H24N4O/c31-26(29-23-14-6-11-19-8-4-5-13-22(19)23)21-12-7-15-30(17-21)25-16-24(27-18-28-25)20-9-2-1-3-10-20/h1-6,8-11,13-14,16,18,21H,7,12,15,17H2,(H,29,31). The quantitative estimate of drug-likeness (QED) is 0.507. The van der Waals surface area contributed by atoms with E-state index in [1.54, 1.807) is 6.33 Å². The van der Waals surface area contributed by atoms with Crippen LogP contribution in [0.15, 0.2) is 85.2 Å². The summed E-state index contributed by atoms with van der Waals surface area (Å²) < 4.78 is 0. The van der Waals surface area contributed by atoms with Crippen molar-refractivity contribution in [3.05, 3.63) is 85.2 Å². The van der Waals surface area contributed by atoms with Gasteiger partial charge in [0.1, 0.15) is 12.1 Å². The number of anilines is 2. The first-order valence-corrected chi connectivity index (χ1v) is 10.7. The Balaban J connectivity index is 1.33. The Morgan fingerprint density at radius 3 is 2.65 bits per heavy atom. The fraction of sp³-hybridized carbons (Fsp3) is 0.192.